The molecular weight excluding hydrogens is 410 g/mol. The van der Waals surface area contributed by atoms with E-state index in [0.717, 1.165) is 6.07 Å². The molecule has 0 unspecified atom stereocenters. The molecule has 9 heteroatoms. The summed E-state index contributed by atoms with van der Waals surface area (Å²) in [6.45, 7) is 14.3. The van der Waals surface area contributed by atoms with E-state index < -0.39 is 41.8 Å². The summed E-state index contributed by atoms with van der Waals surface area (Å²) < 4.78 is 56.7. The molecule has 1 N–H and O–H groups in total. The fraction of sp³-hybridized carbons (Fsp3) is 0.591. The maximum Gasteiger partial charge on any atom is 0.492 e. The second kappa shape index (κ2) is 8.50. The van der Waals surface area contributed by atoms with Gasteiger partial charge in [-0.3, -0.25) is 0 Å². The highest BCUT2D eigenvalue weighted by Crippen LogP contribution is 2.39. The van der Waals surface area contributed by atoms with Gasteiger partial charge in [0.2, 0.25) is 0 Å². The lowest BCUT2D eigenvalue weighted by molar-refractivity contribution is -0.138. The Balaban J connectivity index is 2.34. The van der Waals surface area contributed by atoms with Crippen molar-refractivity contribution in [3.63, 3.8) is 0 Å². The minimum atomic E-state index is -4.42. The Morgan fingerprint density at radius 1 is 1.13 bits per heavy atom. The summed E-state index contributed by atoms with van der Waals surface area (Å²) in [6.07, 6.45) is -3.36. The molecule has 1 fully saturated rings. The van der Waals surface area contributed by atoms with Gasteiger partial charge >= 0.3 is 19.4 Å². The van der Waals surface area contributed by atoms with Crippen molar-refractivity contribution < 1.29 is 32.0 Å². The number of hydrogen-bond donors (Lipinski definition) is 1. The van der Waals surface area contributed by atoms with Crippen molar-refractivity contribution in [2.24, 2.45) is 0 Å². The Labute approximate surface area is 182 Å². The average molecular weight is 441 g/mol. The summed E-state index contributed by atoms with van der Waals surface area (Å²) in [7, 11) is -0.775. The van der Waals surface area contributed by atoms with Crippen LogP contribution in [0.3, 0.4) is 0 Å². The van der Waals surface area contributed by atoms with Gasteiger partial charge in [-0.25, -0.2) is 4.79 Å². The van der Waals surface area contributed by atoms with E-state index in [0.29, 0.717) is 11.0 Å². The lowest BCUT2D eigenvalue weighted by Gasteiger charge is -2.32. The predicted octanol–water partition coefficient (Wildman–Crippen LogP) is 5.55. The Kier molecular flexibility index (Phi) is 6.93. The van der Waals surface area contributed by atoms with Crippen LogP contribution in [0, 0.1) is 6.92 Å². The van der Waals surface area contributed by atoms with Gasteiger partial charge in [0.25, 0.3) is 0 Å². The zero-order valence-corrected chi connectivity index (χ0v) is 19.4. The molecule has 1 amide bonds. The molecule has 1 aromatic carbocycles. The summed E-state index contributed by atoms with van der Waals surface area (Å²) >= 11 is 0. The van der Waals surface area contributed by atoms with Gasteiger partial charge in [0, 0.05) is 6.54 Å². The number of carbonyl (C=O) groups is 1. The largest absolute Gasteiger partial charge is 0.492 e. The minimum absolute atomic E-state index is 0.0474. The average Bonchev–Trinajstić information content (AvgIpc) is 2.76. The second-order valence-corrected chi connectivity index (χ2v) is 9.74. The highest BCUT2D eigenvalue weighted by atomic mass is 19.4. The first-order valence-electron chi connectivity index (χ1n) is 10.1. The van der Waals surface area contributed by atoms with Crippen LogP contribution in [-0.4, -0.2) is 36.6 Å². The van der Waals surface area contributed by atoms with E-state index in [4.69, 9.17) is 14.0 Å². The van der Waals surface area contributed by atoms with Crippen LogP contribution in [0.2, 0.25) is 0 Å². The number of amides is 1. The highest BCUT2D eigenvalue weighted by Gasteiger charge is 2.52. The molecule has 0 aromatic heterocycles. The Morgan fingerprint density at radius 2 is 1.68 bits per heavy atom. The van der Waals surface area contributed by atoms with Crippen LogP contribution < -0.4 is 5.32 Å². The molecule has 0 aliphatic carbocycles. The lowest BCUT2D eigenvalue weighted by Crippen LogP contribution is -2.41. The minimum Gasteiger partial charge on any atom is -0.444 e. The van der Waals surface area contributed by atoms with Crippen molar-refractivity contribution in [1.29, 1.82) is 0 Å². The number of alkyl halides is 3. The fourth-order valence-electron chi connectivity index (χ4n) is 2.99. The third kappa shape index (κ3) is 6.49. The first kappa shape index (κ1) is 25.3. The number of aryl methyl sites for hydroxylation is 1. The number of carbonyl (C=O) groups excluding carboxylic acids is 1. The monoisotopic (exact) mass is 441 g/mol. The van der Waals surface area contributed by atoms with Crippen LogP contribution in [-0.2, 0) is 20.2 Å². The number of ether oxygens (including phenoxy) is 1. The van der Waals surface area contributed by atoms with E-state index in [-0.39, 0.29) is 12.1 Å². The molecule has 1 heterocycles. The maximum absolute atomic E-state index is 13.1. The van der Waals surface area contributed by atoms with Crippen molar-refractivity contribution in [2.75, 3.05) is 6.54 Å². The summed E-state index contributed by atoms with van der Waals surface area (Å²) in [5, 5.41) is 2.67. The van der Waals surface area contributed by atoms with Crippen molar-refractivity contribution in [3.8, 4) is 0 Å². The zero-order valence-electron chi connectivity index (χ0n) is 19.4. The van der Waals surface area contributed by atoms with Gasteiger partial charge in [0.05, 0.1) is 16.8 Å². The van der Waals surface area contributed by atoms with E-state index in [1.54, 1.807) is 26.8 Å². The third-order valence-electron chi connectivity index (χ3n) is 5.30. The van der Waals surface area contributed by atoms with Gasteiger partial charge < -0.3 is 19.4 Å². The van der Waals surface area contributed by atoms with Crippen LogP contribution in [0.1, 0.15) is 65.2 Å². The standard InChI is InChI=1S/C22H31BF3NO4/c1-14-11-15(9-10-17(14)22(24,25)26)12-16(13-27-18(28)29-19(2,3)4)23-30-20(5,6)21(7,8)31-23/h9-12H,13H2,1-8H3,(H,27,28). The first-order chi connectivity index (χ1) is 13.9. The summed E-state index contributed by atoms with van der Waals surface area (Å²) in [6, 6.07) is 3.88. The van der Waals surface area contributed by atoms with Gasteiger partial charge in [0.1, 0.15) is 5.60 Å². The smallest absolute Gasteiger partial charge is 0.444 e. The number of rotatable bonds is 4. The van der Waals surface area contributed by atoms with Crippen LogP contribution in [0.15, 0.2) is 23.7 Å². The molecule has 1 aliphatic rings. The van der Waals surface area contributed by atoms with Crippen molar-refractivity contribution in [2.45, 2.75) is 78.4 Å². The van der Waals surface area contributed by atoms with Crippen molar-refractivity contribution in [3.05, 3.63) is 40.4 Å². The molecule has 1 saturated heterocycles. The van der Waals surface area contributed by atoms with Gasteiger partial charge in [-0.15, -0.1) is 0 Å². The molecule has 1 aromatic rings. The Morgan fingerprint density at radius 3 is 2.13 bits per heavy atom. The molecule has 172 valence electrons. The van der Waals surface area contributed by atoms with Crippen molar-refractivity contribution in [1.82, 2.24) is 5.32 Å². The molecule has 2 rings (SSSR count). The van der Waals surface area contributed by atoms with Gasteiger partial charge in [-0.1, -0.05) is 18.2 Å². The van der Waals surface area contributed by atoms with E-state index >= 15 is 0 Å². The molecule has 0 bridgehead atoms. The van der Waals surface area contributed by atoms with E-state index in [1.807, 2.05) is 27.7 Å². The molecular formula is C22H31BF3NO4. The van der Waals surface area contributed by atoms with E-state index in [1.165, 1.54) is 19.1 Å². The molecule has 0 radical (unpaired) electrons. The lowest BCUT2D eigenvalue weighted by atomic mass is 9.77. The fourth-order valence-corrected chi connectivity index (χ4v) is 2.99. The Hall–Kier alpha value is -2.00. The normalized spacial score (nSPS) is 18.8. The molecule has 0 saturated carbocycles. The first-order valence-corrected chi connectivity index (χ1v) is 10.1. The maximum atomic E-state index is 13.1. The van der Waals surface area contributed by atoms with Crippen LogP contribution in [0.4, 0.5) is 18.0 Å². The molecule has 0 atom stereocenters. The number of alkyl carbamates (subject to hydrolysis) is 1. The Bertz CT molecular complexity index is 841. The van der Waals surface area contributed by atoms with Crippen LogP contribution >= 0.6 is 0 Å². The third-order valence-corrected chi connectivity index (χ3v) is 5.30. The SMILES string of the molecule is Cc1cc(C=C(CNC(=O)OC(C)(C)C)B2OC(C)(C)C(C)(C)O2)ccc1C(F)(F)F. The summed E-state index contributed by atoms with van der Waals surface area (Å²) in [4.78, 5) is 12.1. The number of benzene rings is 1. The summed E-state index contributed by atoms with van der Waals surface area (Å²) in [5.41, 5.74) is -1.37. The van der Waals surface area contributed by atoms with Gasteiger partial charge in [0.15, 0.2) is 0 Å². The van der Waals surface area contributed by atoms with Gasteiger partial charge in [-0.05, 0) is 78.1 Å². The topological polar surface area (TPSA) is 56.8 Å². The highest BCUT2D eigenvalue weighted by molar-refractivity contribution is 6.56. The summed E-state index contributed by atoms with van der Waals surface area (Å²) in [5.74, 6) is 0. The molecule has 31 heavy (non-hydrogen) atoms. The molecule has 1 aliphatic heterocycles. The van der Waals surface area contributed by atoms with Crippen LogP contribution in [0.25, 0.3) is 6.08 Å². The number of nitrogens with one attached hydrogen (secondary N) is 1. The quantitative estimate of drug-likeness (QED) is 0.623. The molecule has 5 nitrogen and oxygen atoms in total. The van der Waals surface area contributed by atoms with Crippen LogP contribution in [0.5, 0.6) is 0 Å². The van der Waals surface area contributed by atoms with Gasteiger partial charge in [-0.2, -0.15) is 13.2 Å². The molecule has 0 spiro atoms. The number of halogens is 3. The zero-order chi connectivity index (χ0) is 23.8. The van der Waals surface area contributed by atoms with E-state index in [2.05, 4.69) is 5.32 Å². The van der Waals surface area contributed by atoms with Crippen molar-refractivity contribution >= 4 is 19.3 Å². The predicted molar refractivity (Wildman–Crippen MR) is 114 cm³/mol. The van der Waals surface area contributed by atoms with E-state index in [9.17, 15) is 18.0 Å². The second-order valence-electron chi connectivity index (χ2n) is 9.74. The number of hydrogen-bond acceptors (Lipinski definition) is 4.